The van der Waals surface area contributed by atoms with E-state index in [-0.39, 0.29) is 5.91 Å². The number of hydrogen-bond acceptors (Lipinski definition) is 5. The molecule has 118 valence electrons. The third-order valence-electron chi connectivity index (χ3n) is 4.31. The van der Waals surface area contributed by atoms with Crippen LogP contribution in [0.25, 0.3) is 21.1 Å². The maximum absolute atomic E-state index is 12.6. The predicted octanol–water partition coefficient (Wildman–Crippen LogP) is 3.28. The summed E-state index contributed by atoms with van der Waals surface area (Å²) in [6, 6.07) is 7.73. The molecule has 1 saturated heterocycles. The number of nitrogens with two attached hydrogens (primary N) is 1. The fourth-order valence-corrected chi connectivity index (χ4v) is 4.08. The minimum absolute atomic E-state index is 0.0321. The van der Waals surface area contributed by atoms with Crippen LogP contribution in [0.15, 0.2) is 24.3 Å². The molecule has 23 heavy (non-hydrogen) atoms. The molecule has 0 unspecified atom stereocenters. The van der Waals surface area contributed by atoms with Gasteiger partial charge in [-0.2, -0.15) is 0 Å². The first-order valence-corrected chi connectivity index (χ1v) is 8.45. The summed E-state index contributed by atoms with van der Waals surface area (Å²) in [5, 5.41) is 1.81. The smallest absolute Gasteiger partial charge is 0.266 e. The van der Waals surface area contributed by atoms with Crippen molar-refractivity contribution in [3.8, 4) is 5.75 Å². The molecule has 5 nitrogen and oxygen atoms in total. The number of thiophene rings is 1. The lowest BCUT2D eigenvalue weighted by Crippen LogP contribution is -2.27. The largest absolute Gasteiger partial charge is 0.497 e. The number of aromatic nitrogens is 1. The van der Waals surface area contributed by atoms with Gasteiger partial charge in [0.1, 0.15) is 15.5 Å². The molecule has 1 aliphatic rings. The van der Waals surface area contributed by atoms with E-state index in [0.717, 1.165) is 52.8 Å². The first-order valence-electron chi connectivity index (χ1n) is 7.63. The molecule has 1 amide bonds. The van der Waals surface area contributed by atoms with E-state index in [1.807, 2.05) is 29.2 Å². The van der Waals surface area contributed by atoms with Crippen molar-refractivity contribution < 1.29 is 9.53 Å². The van der Waals surface area contributed by atoms with Crippen molar-refractivity contribution in [1.82, 2.24) is 9.88 Å². The zero-order valence-electron chi connectivity index (χ0n) is 12.8. The highest BCUT2D eigenvalue weighted by Gasteiger charge is 2.24. The van der Waals surface area contributed by atoms with Gasteiger partial charge >= 0.3 is 0 Å². The number of hydrogen-bond donors (Lipinski definition) is 1. The number of fused-ring (bicyclic) bond motifs is 2. The Labute approximate surface area is 137 Å². The molecule has 0 saturated carbocycles. The fourth-order valence-electron chi connectivity index (χ4n) is 3.03. The second-order valence-electron chi connectivity index (χ2n) is 5.74. The van der Waals surface area contributed by atoms with E-state index < -0.39 is 0 Å². The average Bonchev–Trinajstić information content (AvgIpc) is 3.21. The number of amides is 1. The Morgan fingerprint density at radius 2 is 2.09 bits per heavy atom. The summed E-state index contributed by atoms with van der Waals surface area (Å²) in [5.74, 6) is 0.811. The molecule has 2 N–H and O–H groups in total. The number of carbonyl (C=O) groups is 1. The van der Waals surface area contributed by atoms with Gasteiger partial charge in [-0.05, 0) is 37.1 Å². The molecule has 0 bridgehead atoms. The van der Waals surface area contributed by atoms with Gasteiger partial charge < -0.3 is 15.4 Å². The second-order valence-corrected chi connectivity index (χ2v) is 6.74. The lowest BCUT2D eigenvalue weighted by molar-refractivity contribution is 0.0798. The average molecular weight is 327 g/mol. The highest BCUT2D eigenvalue weighted by atomic mass is 32.1. The fraction of sp³-hybridized carbons (Fsp3) is 0.294. The number of nitrogen functional groups attached to an aromatic ring is 1. The number of methoxy groups -OCH3 is 1. The number of rotatable bonds is 2. The lowest BCUT2D eigenvalue weighted by atomic mass is 10.1. The zero-order valence-corrected chi connectivity index (χ0v) is 13.7. The molecule has 1 aliphatic heterocycles. The zero-order chi connectivity index (χ0) is 16.0. The number of nitrogens with zero attached hydrogens (tertiary/aromatic N) is 2. The normalized spacial score (nSPS) is 14.7. The summed E-state index contributed by atoms with van der Waals surface area (Å²) < 4.78 is 5.26. The summed E-state index contributed by atoms with van der Waals surface area (Å²) in [7, 11) is 1.64. The molecule has 4 rings (SSSR count). The Morgan fingerprint density at radius 1 is 1.30 bits per heavy atom. The first kappa shape index (κ1) is 14.3. The Hall–Kier alpha value is -2.34. The third kappa shape index (κ3) is 2.30. The standard InChI is InChI=1S/C17H17N3O2S/c1-22-11-4-5-13-10(8-11)9-12-14(18)15(23-16(12)19-13)17(21)20-6-2-3-7-20/h4-5,8-9H,2-3,6-7,18H2,1H3. The SMILES string of the molecule is COc1ccc2nc3sc(C(=O)N4CCCC4)c(N)c3cc2c1. The van der Waals surface area contributed by atoms with Crippen LogP contribution in [0.2, 0.25) is 0 Å². The van der Waals surface area contributed by atoms with Gasteiger partial charge in [0.2, 0.25) is 0 Å². The third-order valence-corrected chi connectivity index (χ3v) is 5.41. The summed E-state index contributed by atoms with van der Waals surface area (Å²) in [6.07, 6.45) is 2.14. The highest BCUT2D eigenvalue weighted by molar-refractivity contribution is 7.21. The Bertz CT molecular complexity index is 913. The number of anilines is 1. The quantitative estimate of drug-likeness (QED) is 0.784. The van der Waals surface area contributed by atoms with Gasteiger partial charge in [0, 0.05) is 23.9 Å². The van der Waals surface area contributed by atoms with E-state index in [9.17, 15) is 4.79 Å². The molecule has 3 heterocycles. The van der Waals surface area contributed by atoms with Crippen molar-refractivity contribution in [2.24, 2.45) is 0 Å². The van der Waals surface area contributed by atoms with Gasteiger partial charge in [0.25, 0.3) is 5.91 Å². The summed E-state index contributed by atoms with van der Waals surface area (Å²) in [4.78, 5) is 20.6. The molecule has 0 spiro atoms. The van der Waals surface area contributed by atoms with Crippen LogP contribution in [0.4, 0.5) is 5.69 Å². The van der Waals surface area contributed by atoms with E-state index >= 15 is 0 Å². The summed E-state index contributed by atoms with van der Waals surface area (Å²) >= 11 is 1.39. The van der Waals surface area contributed by atoms with Gasteiger partial charge in [-0.15, -0.1) is 11.3 Å². The number of likely N-dealkylation sites (tertiary alicyclic amines) is 1. The Kier molecular flexibility index (Phi) is 3.34. The minimum atomic E-state index is 0.0321. The maximum Gasteiger partial charge on any atom is 0.266 e. The number of pyridine rings is 1. The van der Waals surface area contributed by atoms with Crippen LogP contribution in [0.1, 0.15) is 22.5 Å². The number of carbonyl (C=O) groups excluding carboxylic acids is 1. The minimum Gasteiger partial charge on any atom is -0.497 e. The van der Waals surface area contributed by atoms with Crippen LogP contribution in [0.5, 0.6) is 5.75 Å². The molecule has 1 aromatic carbocycles. The van der Waals surface area contributed by atoms with Gasteiger partial charge in [0.15, 0.2) is 0 Å². The van der Waals surface area contributed by atoms with E-state index in [1.165, 1.54) is 11.3 Å². The van der Waals surface area contributed by atoms with Crippen LogP contribution in [0.3, 0.4) is 0 Å². The molecule has 0 radical (unpaired) electrons. The van der Waals surface area contributed by atoms with Crippen LogP contribution in [-0.2, 0) is 0 Å². The Morgan fingerprint density at radius 3 is 2.83 bits per heavy atom. The van der Waals surface area contributed by atoms with Gasteiger partial charge in [-0.1, -0.05) is 0 Å². The van der Waals surface area contributed by atoms with Crippen LogP contribution < -0.4 is 10.5 Å². The van der Waals surface area contributed by atoms with Crippen LogP contribution in [0, 0.1) is 0 Å². The molecular weight excluding hydrogens is 310 g/mol. The monoisotopic (exact) mass is 327 g/mol. The van der Waals surface area contributed by atoms with Crippen molar-refractivity contribution in [2.45, 2.75) is 12.8 Å². The molecular formula is C17H17N3O2S. The van der Waals surface area contributed by atoms with Crippen molar-refractivity contribution in [3.05, 3.63) is 29.1 Å². The molecule has 1 fully saturated rings. The molecule has 0 aliphatic carbocycles. The van der Waals surface area contributed by atoms with Crippen LogP contribution >= 0.6 is 11.3 Å². The predicted molar refractivity (Wildman–Crippen MR) is 93.2 cm³/mol. The number of benzene rings is 1. The second kappa shape index (κ2) is 5.38. The van der Waals surface area contributed by atoms with Gasteiger partial charge in [-0.3, -0.25) is 4.79 Å². The lowest BCUT2D eigenvalue weighted by Gasteiger charge is -2.13. The highest BCUT2D eigenvalue weighted by Crippen LogP contribution is 2.36. The topological polar surface area (TPSA) is 68.5 Å². The van der Waals surface area contributed by atoms with E-state index in [0.29, 0.717) is 10.6 Å². The first-order chi connectivity index (χ1) is 11.2. The van der Waals surface area contributed by atoms with E-state index in [4.69, 9.17) is 10.5 Å². The van der Waals surface area contributed by atoms with E-state index in [1.54, 1.807) is 7.11 Å². The van der Waals surface area contributed by atoms with Crippen molar-refractivity contribution in [1.29, 1.82) is 0 Å². The van der Waals surface area contributed by atoms with E-state index in [2.05, 4.69) is 4.98 Å². The van der Waals surface area contributed by atoms with Gasteiger partial charge in [-0.25, -0.2) is 4.98 Å². The van der Waals surface area contributed by atoms with Crippen LogP contribution in [-0.4, -0.2) is 36.0 Å². The van der Waals surface area contributed by atoms with Crippen molar-refractivity contribution >= 4 is 44.1 Å². The molecule has 6 heteroatoms. The van der Waals surface area contributed by atoms with Crippen molar-refractivity contribution in [2.75, 3.05) is 25.9 Å². The number of ether oxygens (including phenoxy) is 1. The summed E-state index contributed by atoms with van der Waals surface area (Å²) in [6.45, 7) is 1.64. The molecule has 2 aromatic heterocycles. The molecule has 0 atom stereocenters. The Balaban J connectivity index is 1.86. The van der Waals surface area contributed by atoms with Gasteiger partial charge in [0.05, 0.1) is 18.3 Å². The van der Waals surface area contributed by atoms with Crippen molar-refractivity contribution in [3.63, 3.8) is 0 Å². The summed E-state index contributed by atoms with van der Waals surface area (Å²) in [5.41, 5.74) is 7.68. The maximum atomic E-state index is 12.6. The molecule has 3 aromatic rings.